The van der Waals surface area contributed by atoms with E-state index in [9.17, 15) is 27.6 Å². The first-order valence-corrected chi connectivity index (χ1v) is 23.1. The van der Waals surface area contributed by atoms with Crippen molar-refractivity contribution in [3.8, 4) is 16.5 Å². The second-order valence-electron chi connectivity index (χ2n) is 16.6. The highest BCUT2D eigenvalue weighted by Gasteiger charge is 2.62. The molecule has 9 rings (SSSR count). The number of pyridine rings is 1. The normalized spacial score (nSPS) is 26.8. The van der Waals surface area contributed by atoms with E-state index in [-0.39, 0.29) is 25.5 Å². The van der Waals surface area contributed by atoms with Crippen LogP contribution in [0.25, 0.3) is 32.8 Å². The summed E-state index contributed by atoms with van der Waals surface area (Å²) in [4.78, 5) is 67.4. The maximum absolute atomic E-state index is 14.7. The Kier molecular flexibility index (Phi) is 10.6. The van der Waals surface area contributed by atoms with E-state index in [2.05, 4.69) is 20.3 Å². The average molecular weight is 845 g/mol. The number of nitrogens with zero attached hydrogens (tertiary/aromatic N) is 3. The summed E-state index contributed by atoms with van der Waals surface area (Å²) in [6.07, 6.45) is 10.1. The Bertz CT molecular complexity index is 2440. The SMILES string of the molecule is Cc1csc(-c2cc(O[C@@H]3C[C@H]4C(=O)N[C@]5(C(=O)NS(=O)(=O)C6CC6)C[C@H]5C=CCCCCC[C@H](NC(=O)OC5CCCC5)C(=O)N4C3)c3oc4ccccc4c3n2)n1. The Hall–Kier alpha value is -5.03. The van der Waals surface area contributed by atoms with Crippen LogP contribution in [0.3, 0.4) is 0 Å². The Morgan fingerprint density at radius 2 is 1.81 bits per heavy atom. The Morgan fingerprint density at radius 1 is 1.02 bits per heavy atom. The molecule has 3 aliphatic carbocycles. The molecule has 1 aromatic carbocycles. The van der Waals surface area contributed by atoms with Gasteiger partial charge in [0, 0.05) is 34.9 Å². The predicted octanol–water partition coefficient (Wildman–Crippen LogP) is 5.80. The Balaban J connectivity index is 1.05. The van der Waals surface area contributed by atoms with Gasteiger partial charge in [0.05, 0.1) is 11.8 Å². The van der Waals surface area contributed by atoms with Crippen LogP contribution in [-0.2, 0) is 29.1 Å². The van der Waals surface area contributed by atoms with E-state index < -0.39 is 68.7 Å². The van der Waals surface area contributed by atoms with Crippen LogP contribution in [0.5, 0.6) is 5.75 Å². The fourth-order valence-corrected chi connectivity index (χ4v) is 10.8. The molecule has 312 valence electrons. The lowest BCUT2D eigenvalue weighted by atomic mass is 10.0. The van der Waals surface area contributed by atoms with Crippen molar-refractivity contribution >= 4 is 67.2 Å². The number of alkyl carbamates (subject to hydrolysis) is 1. The van der Waals surface area contributed by atoms with Gasteiger partial charge in [-0.25, -0.2) is 23.2 Å². The van der Waals surface area contributed by atoms with Gasteiger partial charge in [-0.1, -0.05) is 37.1 Å². The highest BCUT2D eigenvalue weighted by Crippen LogP contribution is 2.46. The lowest BCUT2D eigenvalue weighted by Crippen LogP contribution is -2.58. The smallest absolute Gasteiger partial charge is 0.408 e. The topological polar surface area (TPSA) is 199 Å². The minimum atomic E-state index is -3.91. The summed E-state index contributed by atoms with van der Waals surface area (Å²) in [6.45, 7) is 1.88. The number of furan rings is 1. The van der Waals surface area contributed by atoms with Gasteiger partial charge in [0.2, 0.25) is 21.8 Å². The molecule has 15 nitrogen and oxygen atoms in total. The van der Waals surface area contributed by atoms with Crippen molar-refractivity contribution in [1.82, 2.24) is 30.2 Å². The lowest BCUT2D eigenvalue weighted by molar-refractivity contribution is -0.141. The van der Waals surface area contributed by atoms with Gasteiger partial charge >= 0.3 is 6.09 Å². The molecule has 3 aromatic heterocycles. The highest BCUT2D eigenvalue weighted by atomic mass is 32.2. The number of nitrogens with one attached hydrogen (secondary N) is 3. The van der Waals surface area contributed by atoms with E-state index in [1.165, 1.54) is 16.2 Å². The van der Waals surface area contributed by atoms with E-state index in [1.807, 2.05) is 48.7 Å². The average Bonchev–Trinajstić information content (AvgIpc) is 3.89. The van der Waals surface area contributed by atoms with Gasteiger partial charge in [-0.05, 0) is 83.3 Å². The lowest BCUT2D eigenvalue weighted by Gasteiger charge is -2.30. The van der Waals surface area contributed by atoms with Gasteiger partial charge in [0.25, 0.3) is 5.91 Å². The number of para-hydroxylation sites is 1. The number of carbonyl (C=O) groups is 4. The molecule has 3 saturated carbocycles. The van der Waals surface area contributed by atoms with Gasteiger partial charge in [-0.3, -0.25) is 19.1 Å². The van der Waals surface area contributed by atoms with Crippen LogP contribution in [0.2, 0.25) is 0 Å². The maximum atomic E-state index is 14.7. The quantitative estimate of drug-likeness (QED) is 0.181. The number of hydrogen-bond donors (Lipinski definition) is 3. The van der Waals surface area contributed by atoms with Crippen LogP contribution in [0.4, 0.5) is 4.79 Å². The number of hydrogen-bond acceptors (Lipinski definition) is 12. The van der Waals surface area contributed by atoms with Gasteiger partial charge in [0.15, 0.2) is 11.3 Å². The number of thiazole rings is 1. The van der Waals surface area contributed by atoms with E-state index in [1.54, 1.807) is 6.07 Å². The number of ether oxygens (including phenoxy) is 2. The zero-order valence-electron chi connectivity index (χ0n) is 32.8. The summed E-state index contributed by atoms with van der Waals surface area (Å²) in [5.41, 5.74) is 1.49. The molecule has 1 saturated heterocycles. The number of carbonyl (C=O) groups excluding carboxylic acids is 4. The zero-order valence-corrected chi connectivity index (χ0v) is 34.4. The molecule has 2 aliphatic heterocycles. The van der Waals surface area contributed by atoms with E-state index in [0.717, 1.165) is 49.6 Å². The summed E-state index contributed by atoms with van der Waals surface area (Å²) in [6, 6.07) is 7.16. The van der Waals surface area contributed by atoms with Crippen LogP contribution in [0.1, 0.15) is 89.2 Å². The molecule has 0 unspecified atom stereocenters. The molecule has 4 amide bonds. The van der Waals surface area contributed by atoms with Crippen molar-refractivity contribution in [2.24, 2.45) is 5.92 Å². The van der Waals surface area contributed by atoms with Crippen molar-refractivity contribution in [1.29, 1.82) is 0 Å². The van der Waals surface area contributed by atoms with E-state index >= 15 is 0 Å². The number of fused-ring (bicyclic) bond motifs is 5. The van der Waals surface area contributed by atoms with Crippen LogP contribution < -0.4 is 20.1 Å². The van der Waals surface area contributed by atoms with Crippen LogP contribution in [-0.4, -0.2) is 88.7 Å². The highest BCUT2D eigenvalue weighted by molar-refractivity contribution is 7.91. The van der Waals surface area contributed by atoms with Gasteiger partial charge in [-0.15, -0.1) is 11.3 Å². The standard InChI is InChI=1S/C42H48N6O9S2/c1-24-23-58-38(43-24)31-20-34(36-35(44-31)29-14-9-10-16-33(29)57-36)55-27-19-32-37(49)46-42(40(51)47-59(53,54)28-17-18-28)21-25(42)11-5-3-2-4-6-15-30(39(50)48(32)22-27)45-41(52)56-26-12-7-8-13-26/h5,9-11,14,16,20,23,25-28,30,32H,2-4,6-8,12-13,15,17-19,21-22H2,1H3,(H,45,52)(H,46,49)(H,47,51)/t25-,27-,30+,32+,42-/m1/s1. The third-order valence-corrected chi connectivity index (χ3v) is 14.9. The third kappa shape index (κ3) is 8.15. The summed E-state index contributed by atoms with van der Waals surface area (Å²) in [7, 11) is -3.91. The zero-order chi connectivity index (χ0) is 40.9. The molecular formula is C42H48N6O9S2. The second kappa shape index (κ2) is 15.9. The Morgan fingerprint density at radius 3 is 2.59 bits per heavy atom. The molecule has 0 radical (unpaired) electrons. The largest absolute Gasteiger partial charge is 0.484 e. The number of aryl methyl sites for hydroxylation is 1. The molecule has 5 heterocycles. The molecule has 5 atom stereocenters. The van der Waals surface area contributed by atoms with Crippen LogP contribution in [0.15, 0.2) is 52.3 Å². The number of benzene rings is 1. The predicted molar refractivity (Wildman–Crippen MR) is 219 cm³/mol. The number of amides is 4. The first kappa shape index (κ1) is 39.4. The molecule has 5 aliphatic rings. The molecule has 4 fully saturated rings. The summed E-state index contributed by atoms with van der Waals surface area (Å²) >= 11 is 1.45. The van der Waals surface area contributed by atoms with Gasteiger partial charge in [0.1, 0.15) is 51.6 Å². The van der Waals surface area contributed by atoms with Crippen molar-refractivity contribution in [3.05, 3.63) is 53.6 Å². The van der Waals surface area contributed by atoms with Gasteiger partial charge in [-0.2, -0.15) is 0 Å². The molecular weight excluding hydrogens is 797 g/mol. The summed E-state index contributed by atoms with van der Waals surface area (Å²) < 4.78 is 46.9. The number of sulfonamides is 1. The first-order chi connectivity index (χ1) is 28.5. The van der Waals surface area contributed by atoms with Crippen LogP contribution in [0, 0.1) is 12.8 Å². The van der Waals surface area contributed by atoms with Crippen molar-refractivity contribution in [2.75, 3.05) is 6.54 Å². The van der Waals surface area contributed by atoms with Crippen LogP contribution >= 0.6 is 11.3 Å². The second-order valence-corrected chi connectivity index (χ2v) is 19.4. The summed E-state index contributed by atoms with van der Waals surface area (Å²) in [5.74, 6) is -1.96. The van der Waals surface area contributed by atoms with Gasteiger partial charge < -0.3 is 29.4 Å². The number of allylic oxidation sites excluding steroid dienone is 1. The third-order valence-electron chi connectivity index (χ3n) is 12.1. The first-order valence-electron chi connectivity index (χ1n) is 20.7. The fourth-order valence-electron chi connectivity index (χ4n) is 8.68. The molecule has 17 heteroatoms. The summed E-state index contributed by atoms with van der Waals surface area (Å²) in [5, 5.41) is 8.52. The van der Waals surface area contributed by atoms with E-state index in [4.69, 9.17) is 18.9 Å². The molecule has 0 spiro atoms. The van der Waals surface area contributed by atoms with E-state index in [0.29, 0.717) is 65.2 Å². The van der Waals surface area contributed by atoms with Crippen molar-refractivity contribution < 1.29 is 41.5 Å². The number of rotatable bonds is 8. The molecule has 0 bridgehead atoms. The minimum Gasteiger partial charge on any atom is -0.484 e. The van der Waals surface area contributed by atoms with Crippen molar-refractivity contribution in [3.63, 3.8) is 0 Å². The minimum absolute atomic E-state index is 0.0267. The molecule has 4 aromatic rings. The Labute approximate surface area is 345 Å². The maximum Gasteiger partial charge on any atom is 0.408 e. The molecule has 59 heavy (non-hydrogen) atoms. The fraction of sp³-hybridized carbons (Fsp3) is 0.524. The van der Waals surface area contributed by atoms with Crippen molar-refractivity contribution in [2.45, 2.75) is 125 Å². The monoisotopic (exact) mass is 844 g/mol. The number of aromatic nitrogens is 2. The molecule has 3 N–H and O–H groups in total.